The zero-order chi connectivity index (χ0) is 22.7. The summed E-state index contributed by atoms with van der Waals surface area (Å²) >= 11 is 5.96. The monoisotopic (exact) mass is 447 g/mol. The molecule has 1 aliphatic rings. The van der Waals surface area contributed by atoms with Gasteiger partial charge in [0.2, 0.25) is 0 Å². The Kier molecular flexibility index (Phi) is 5.91. The maximum absolute atomic E-state index is 12.7. The molecule has 0 aromatic heterocycles. The molecule has 4 rings (SSSR count). The number of hydrogen-bond donors (Lipinski definition) is 1. The summed E-state index contributed by atoms with van der Waals surface area (Å²) in [5.74, 6) is -1.16. The summed E-state index contributed by atoms with van der Waals surface area (Å²) < 4.78 is 5.68. The van der Waals surface area contributed by atoms with Gasteiger partial charge in [-0.25, -0.2) is 9.69 Å². The number of halogens is 1. The average Bonchev–Trinajstić information content (AvgIpc) is 3.06. The number of hydrogen-bond acceptors (Lipinski definition) is 5. The third-order valence-corrected chi connectivity index (χ3v) is 4.94. The van der Waals surface area contributed by atoms with E-state index in [1.54, 1.807) is 60.7 Å². The van der Waals surface area contributed by atoms with Gasteiger partial charge in [-0.2, -0.15) is 0 Å². The molecule has 160 valence electrons. The van der Waals surface area contributed by atoms with Gasteiger partial charge in [0.05, 0.1) is 11.7 Å². The Hall–Kier alpha value is -4.10. The third-order valence-electron chi connectivity index (χ3n) is 4.70. The molecule has 3 aromatic rings. The van der Waals surface area contributed by atoms with Crippen LogP contribution in [0.1, 0.15) is 21.5 Å². The lowest BCUT2D eigenvalue weighted by Gasteiger charge is -2.11. The number of aromatic carboxylic acids is 1. The number of carbonyl (C=O) groups is 3. The van der Waals surface area contributed by atoms with E-state index in [2.05, 4.69) is 5.32 Å². The smallest absolute Gasteiger partial charge is 0.333 e. The lowest BCUT2D eigenvalue weighted by Crippen LogP contribution is -2.30. The molecule has 3 aromatic carbocycles. The lowest BCUT2D eigenvalue weighted by atomic mass is 10.1. The standard InChI is InChI=1S/C24H17ClN2O5/c25-18-5-2-6-19(13-18)27-22(28)21(26-24(27)31)12-15-7-9-20(10-8-15)32-14-16-3-1-4-17(11-16)23(29)30/h1-13H,14H2,(H,26,31)(H,29,30)/p-1/b21-12+. The van der Waals surface area contributed by atoms with Crippen molar-refractivity contribution in [1.29, 1.82) is 0 Å². The first-order valence-corrected chi connectivity index (χ1v) is 9.94. The van der Waals surface area contributed by atoms with Crippen LogP contribution < -0.4 is 20.1 Å². The van der Waals surface area contributed by atoms with Gasteiger partial charge in [-0.15, -0.1) is 0 Å². The van der Waals surface area contributed by atoms with E-state index in [-0.39, 0.29) is 17.9 Å². The van der Waals surface area contributed by atoms with Gasteiger partial charge in [0.25, 0.3) is 5.91 Å². The van der Waals surface area contributed by atoms with Crippen molar-refractivity contribution in [3.63, 3.8) is 0 Å². The highest BCUT2D eigenvalue weighted by Crippen LogP contribution is 2.25. The second kappa shape index (κ2) is 8.95. The molecule has 0 atom stereocenters. The highest BCUT2D eigenvalue weighted by molar-refractivity contribution is 6.32. The summed E-state index contributed by atoms with van der Waals surface area (Å²) in [4.78, 5) is 37.0. The van der Waals surface area contributed by atoms with Crippen LogP contribution in [0.25, 0.3) is 6.08 Å². The van der Waals surface area contributed by atoms with Crippen LogP contribution in [0, 0.1) is 0 Å². The molecule has 1 saturated heterocycles. The summed E-state index contributed by atoms with van der Waals surface area (Å²) in [5, 5.41) is 13.9. The fraction of sp³-hybridized carbons (Fsp3) is 0.0417. The number of urea groups is 1. The van der Waals surface area contributed by atoms with Crippen LogP contribution in [-0.4, -0.2) is 17.9 Å². The molecule has 0 spiro atoms. The Balaban J connectivity index is 1.44. The number of amides is 3. The number of imide groups is 1. The minimum Gasteiger partial charge on any atom is -0.545 e. The Morgan fingerprint density at radius 2 is 1.78 bits per heavy atom. The minimum atomic E-state index is -1.24. The Bertz CT molecular complexity index is 1240. The zero-order valence-corrected chi connectivity index (χ0v) is 17.3. The van der Waals surface area contributed by atoms with Gasteiger partial charge in [0, 0.05) is 5.02 Å². The second-order valence-electron chi connectivity index (χ2n) is 6.95. The SMILES string of the molecule is O=C([O-])c1cccc(COc2ccc(/C=C3/NC(=O)N(c4cccc(Cl)c4)C3=O)cc2)c1. The molecule has 1 aliphatic heterocycles. The van der Waals surface area contributed by atoms with Crippen LogP contribution >= 0.6 is 11.6 Å². The van der Waals surface area contributed by atoms with E-state index >= 15 is 0 Å². The Labute approximate surface area is 188 Å². The van der Waals surface area contributed by atoms with Crippen molar-refractivity contribution in [2.24, 2.45) is 0 Å². The predicted molar refractivity (Wildman–Crippen MR) is 117 cm³/mol. The first kappa shape index (κ1) is 21.1. The molecule has 7 nitrogen and oxygen atoms in total. The predicted octanol–water partition coefficient (Wildman–Crippen LogP) is 3.38. The number of rotatable bonds is 6. The van der Waals surface area contributed by atoms with Gasteiger partial charge in [0.1, 0.15) is 18.1 Å². The van der Waals surface area contributed by atoms with Gasteiger partial charge >= 0.3 is 6.03 Å². The quantitative estimate of drug-likeness (QED) is 0.461. The van der Waals surface area contributed by atoms with Gasteiger partial charge in [-0.3, -0.25) is 4.79 Å². The molecular weight excluding hydrogens is 432 g/mol. The van der Waals surface area contributed by atoms with Crippen molar-refractivity contribution in [3.05, 3.63) is 100 Å². The average molecular weight is 448 g/mol. The number of carboxylic acids is 1. The number of anilines is 1. The molecule has 1 heterocycles. The summed E-state index contributed by atoms with van der Waals surface area (Å²) in [6, 6.07) is 19.2. The van der Waals surface area contributed by atoms with E-state index in [1.165, 1.54) is 18.2 Å². The van der Waals surface area contributed by atoms with Crippen LogP contribution in [0.5, 0.6) is 5.75 Å². The maximum atomic E-state index is 12.7. The summed E-state index contributed by atoms with van der Waals surface area (Å²) in [7, 11) is 0. The second-order valence-corrected chi connectivity index (χ2v) is 7.39. The topological polar surface area (TPSA) is 98.8 Å². The maximum Gasteiger partial charge on any atom is 0.333 e. The van der Waals surface area contributed by atoms with Gasteiger partial charge in [0.15, 0.2) is 0 Å². The fourth-order valence-corrected chi connectivity index (χ4v) is 3.35. The molecule has 0 saturated carbocycles. The Morgan fingerprint density at radius 1 is 1.03 bits per heavy atom. The van der Waals surface area contributed by atoms with Gasteiger partial charge in [-0.1, -0.05) is 48.0 Å². The van der Waals surface area contributed by atoms with E-state index in [0.29, 0.717) is 27.6 Å². The van der Waals surface area contributed by atoms with Crippen LogP contribution in [0.4, 0.5) is 10.5 Å². The first-order valence-electron chi connectivity index (χ1n) is 9.56. The molecule has 0 radical (unpaired) electrons. The lowest BCUT2D eigenvalue weighted by molar-refractivity contribution is -0.255. The molecule has 8 heteroatoms. The third kappa shape index (κ3) is 4.63. The number of nitrogens with zero attached hydrogens (tertiary/aromatic N) is 1. The van der Waals surface area contributed by atoms with E-state index in [1.807, 2.05) is 0 Å². The summed E-state index contributed by atoms with van der Waals surface area (Å²) in [6.45, 7) is 0.185. The number of carbonyl (C=O) groups excluding carboxylic acids is 3. The van der Waals surface area contributed by atoms with Gasteiger partial charge < -0.3 is 20.0 Å². The number of ether oxygens (including phenoxy) is 1. The number of carboxylic acid groups (broad SMARTS) is 1. The van der Waals surface area contributed by atoms with Gasteiger partial charge in [-0.05, 0) is 59.2 Å². The molecule has 0 unspecified atom stereocenters. The zero-order valence-electron chi connectivity index (χ0n) is 16.6. The van der Waals surface area contributed by atoms with E-state index in [9.17, 15) is 19.5 Å². The molecule has 0 bridgehead atoms. The molecule has 0 aliphatic carbocycles. The molecule has 32 heavy (non-hydrogen) atoms. The summed E-state index contributed by atoms with van der Waals surface area (Å²) in [5.41, 5.74) is 1.99. The first-order chi connectivity index (χ1) is 15.4. The largest absolute Gasteiger partial charge is 0.545 e. The fourth-order valence-electron chi connectivity index (χ4n) is 3.17. The van der Waals surface area contributed by atoms with Crippen molar-refractivity contribution in [3.8, 4) is 5.75 Å². The minimum absolute atomic E-state index is 0.0863. The Morgan fingerprint density at radius 3 is 2.50 bits per heavy atom. The van der Waals surface area contributed by atoms with Crippen LogP contribution in [0.15, 0.2) is 78.5 Å². The van der Waals surface area contributed by atoms with Crippen LogP contribution in [-0.2, 0) is 11.4 Å². The van der Waals surface area contributed by atoms with Crippen molar-refractivity contribution in [2.45, 2.75) is 6.61 Å². The van der Waals surface area contributed by atoms with Crippen molar-refractivity contribution in [2.75, 3.05) is 4.90 Å². The summed E-state index contributed by atoms with van der Waals surface area (Å²) in [6.07, 6.45) is 1.57. The van der Waals surface area contributed by atoms with E-state index < -0.39 is 17.9 Å². The van der Waals surface area contributed by atoms with Crippen molar-refractivity contribution >= 4 is 41.3 Å². The van der Waals surface area contributed by atoms with Crippen LogP contribution in [0.2, 0.25) is 5.02 Å². The highest BCUT2D eigenvalue weighted by atomic mass is 35.5. The van der Waals surface area contributed by atoms with Crippen LogP contribution in [0.3, 0.4) is 0 Å². The van der Waals surface area contributed by atoms with E-state index in [0.717, 1.165) is 4.90 Å². The van der Waals surface area contributed by atoms with Crippen molar-refractivity contribution < 1.29 is 24.2 Å². The molecule has 1 fully saturated rings. The molecule has 3 amide bonds. The molecular formula is C24H16ClN2O5-. The van der Waals surface area contributed by atoms with E-state index in [4.69, 9.17) is 16.3 Å². The highest BCUT2D eigenvalue weighted by Gasteiger charge is 2.34. The number of benzene rings is 3. The normalized spacial score (nSPS) is 14.5. The molecule has 1 N–H and O–H groups in total. The van der Waals surface area contributed by atoms with Crippen molar-refractivity contribution in [1.82, 2.24) is 5.32 Å². The number of nitrogens with one attached hydrogen (secondary N) is 1.